The summed E-state index contributed by atoms with van der Waals surface area (Å²) < 4.78 is 15.2. The number of aryl methyl sites for hydroxylation is 1. The zero-order chi connectivity index (χ0) is 14.3. The van der Waals surface area contributed by atoms with Gasteiger partial charge in [0.1, 0.15) is 17.3 Å². The van der Waals surface area contributed by atoms with Crippen molar-refractivity contribution < 1.29 is 4.39 Å². The number of nitrogens with zero attached hydrogens (tertiary/aromatic N) is 2. The molecule has 3 aromatic rings. The van der Waals surface area contributed by atoms with Crippen LogP contribution in [0.5, 0.6) is 0 Å². The van der Waals surface area contributed by atoms with Crippen molar-refractivity contribution in [1.29, 1.82) is 0 Å². The zero-order valence-corrected chi connectivity index (χ0v) is 12.2. The molecular weight excluding hydrogens is 297 g/mol. The van der Waals surface area contributed by atoms with E-state index in [-0.39, 0.29) is 5.02 Å². The summed E-state index contributed by atoms with van der Waals surface area (Å²) in [6.07, 6.45) is 0. The van der Waals surface area contributed by atoms with Crippen LogP contribution in [-0.2, 0) is 7.05 Å². The van der Waals surface area contributed by atoms with Crippen LogP contribution in [0.1, 0.15) is 0 Å². The number of halogens is 2. The van der Waals surface area contributed by atoms with E-state index in [1.807, 2.05) is 17.5 Å². The Morgan fingerprint density at radius 3 is 2.80 bits per heavy atom. The lowest BCUT2D eigenvalue weighted by atomic mass is 10.1. The smallest absolute Gasteiger partial charge is 0.142 e. The van der Waals surface area contributed by atoms with E-state index in [4.69, 9.17) is 17.3 Å². The van der Waals surface area contributed by atoms with Crippen molar-refractivity contribution in [3.05, 3.63) is 46.6 Å². The summed E-state index contributed by atoms with van der Waals surface area (Å²) in [5, 5.41) is 6.45. The molecule has 20 heavy (non-hydrogen) atoms. The van der Waals surface area contributed by atoms with Crippen LogP contribution in [-0.4, -0.2) is 9.78 Å². The Morgan fingerprint density at radius 1 is 1.35 bits per heavy atom. The first-order valence-electron chi connectivity index (χ1n) is 5.89. The number of rotatable bonds is 2. The van der Waals surface area contributed by atoms with Gasteiger partial charge in [0.15, 0.2) is 0 Å². The van der Waals surface area contributed by atoms with Crippen molar-refractivity contribution in [2.45, 2.75) is 0 Å². The molecule has 0 aliphatic carbocycles. The van der Waals surface area contributed by atoms with Crippen LogP contribution in [0.3, 0.4) is 0 Å². The maximum Gasteiger partial charge on any atom is 0.142 e. The van der Waals surface area contributed by atoms with Crippen molar-refractivity contribution in [2.24, 2.45) is 7.05 Å². The molecule has 0 aliphatic heterocycles. The average Bonchev–Trinajstić information content (AvgIpc) is 3.03. The third-order valence-electron chi connectivity index (χ3n) is 3.05. The summed E-state index contributed by atoms with van der Waals surface area (Å²) in [4.78, 5) is 1.00. The number of nitrogens with two attached hydrogens (primary N) is 1. The molecule has 0 spiro atoms. The number of hydrogen-bond donors (Lipinski definition) is 1. The highest BCUT2D eigenvalue weighted by molar-refractivity contribution is 7.13. The molecule has 2 aromatic heterocycles. The third-order valence-corrected chi connectivity index (χ3v) is 4.25. The van der Waals surface area contributed by atoms with Gasteiger partial charge in [0, 0.05) is 17.5 Å². The molecule has 0 unspecified atom stereocenters. The molecule has 0 aliphatic rings. The number of anilines is 1. The zero-order valence-electron chi connectivity index (χ0n) is 10.6. The monoisotopic (exact) mass is 307 g/mol. The molecule has 0 atom stereocenters. The van der Waals surface area contributed by atoms with Gasteiger partial charge in [-0.1, -0.05) is 23.7 Å². The summed E-state index contributed by atoms with van der Waals surface area (Å²) in [5.41, 5.74) is 8.22. The molecule has 3 nitrogen and oxygen atoms in total. The van der Waals surface area contributed by atoms with Crippen molar-refractivity contribution >= 4 is 28.8 Å². The van der Waals surface area contributed by atoms with Gasteiger partial charge >= 0.3 is 0 Å². The van der Waals surface area contributed by atoms with E-state index in [0.717, 1.165) is 10.4 Å². The molecule has 6 heteroatoms. The molecule has 2 N–H and O–H groups in total. The average molecular weight is 308 g/mol. The van der Waals surface area contributed by atoms with E-state index in [1.54, 1.807) is 29.1 Å². The Labute approximate surface area is 124 Å². The first kappa shape index (κ1) is 13.1. The molecule has 102 valence electrons. The first-order chi connectivity index (χ1) is 9.58. The minimum atomic E-state index is -0.467. The maximum absolute atomic E-state index is 13.7. The number of hydrogen-bond acceptors (Lipinski definition) is 3. The van der Waals surface area contributed by atoms with Crippen LogP contribution >= 0.6 is 22.9 Å². The van der Waals surface area contributed by atoms with Gasteiger partial charge in [0.25, 0.3) is 0 Å². The summed E-state index contributed by atoms with van der Waals surface area (Å²) in [6, 6.07) is 8.55. The fraction of sp³-hybridized carbons (Fsp3) is 0.0714. The Morgan fingerprint density at radius 2 is 2.15 bits per heavy atom. The Bertz CT molecular complexity index is 765. The summed E-state index contributed by atoms with van der Waals surface area (Å²) in [7, 11) is 1.77. The number of aromatic nitrogens is 2. The number of thiophene rings is 1. The van der Waals surface area contributed by atoms with Crippen LogP contribution in [0, 0.1) is 5.82 Å². The standard InChI is InChI=1S/C14H11ClFN3S/c1-19-14(17)12(11-3-2-6-20-11)13(18-19)8-4-5-9(15)10(16)7-8/h2-7H,17H2,1H3. The van der Waals surface area contributed by atoms with E-state index in [0.29, 0.717) is 17.1 Å². The van der Waals surface area contributed by atoms with Crippen LogP contribution in [0.15, 0.2) is 35.7 Å². The Hall–Kier alpha value is -1.85. The van der Waals surface area contributed by atoms with Crippen molar-refractivity contribution in [3.8, 4) is 21.7 Å². The van der Waals surface area contributed by atoms with E-state index < -0.39 is 5.82 Å². The van der Waals surface area contributed by atoms with Crippen LogP contribution in [0.2, 0.25) is 5.02 Å². The highest BCUT2D eigenvalue weighted by atomic mass is 35.5. The summed E-state index contributed by atoms with van der Waals surface area (Å²) in [5.74, 6) is 0.0864. The SMILES string of the molecule is Cn1nc(-c2ccc(Cl)c(F)c2)c(-c2cccs2)c1N. The molecule has 0 bridgehead atoms. The number of benzene rings is 1. The topological polar surface area (TPSA) is 43.8 Å². The molecule has 0 saturated carbocycles. The predicted molar refractivity (Wildman–Crippen MR) is 81.3 cm³/mol. The third kappa shape index (κ3) is 2.09. The van der Waals surface area contributed by atoms with Gasteiger partial charge in [-0.2, -0.15) is 5.10 Å². The van der Waals surface area contributed by atoms with Crippen LogP contribution in [0.25, 0.3) is 21.7 Å². The molecule has 0 radical (unpaired) electrons. The lowest BCUT2D eigenvalue weighted by Crippen LogP contribution is -1.97. The van der Waals surface area contributed by atoms with Gasteiger partial charge < -0.3 is 5.73 Å². The molecule has 0 amide bonds. The highest BCUT2D eigenvalue weighted by Gasteiger charge is 2.18. The minimum absolute atomic E-state index is 0.0929. The highest BCUT2D eigenvalue weighted by Crippen LogP contribution is 2.38. The lowest BCUT2D eigenvalue weighted by molar-refractivity contribution is 0.628. The van der Waals surface area contributed by atoms with Gasteiger partial charge in [0.05, 0.1) is 10.6 Å². The van der Waals surface area contributed by atoms with Crippen molar-refractivity contribution in [2.75, 3.05) is 5.73 Å². The summed E-state index contributed by atoms with van der Waals surface area (Å²) >= 11 is 7.29. The molecular formula is C14H11ClFN3S. The van der Waals surface area contributed by atoms with Gasteiger partial charge in [-0.25, -0.2) is 4.39 Å². The second-order valence-corrected chi connectivity index (χ2v) is 5.69. The second-order valence-electron chi connectivity index (χ2n) is 4.34. The molecule has 1 aromatic carbocycles. The molecule has 2 heterocycles. The van der Waals surface area contributed by atoms with E-state index in [2.05, 4.69) is 5.10 Å². The van der Waals surface area contributed by atoms with Crippen LogP contribution < -0.4 is 5.73 Å². The van der Waals surface area contributed by atoms with E-state index in [9.17, 15) is 4.39 Å². The quantitative estimate of drug-likeness (QED) is 0.771. The van der Waals surface area contributed by atoms with Gasteiger partial charge in [-0.05, 0) is 23.6 Å². The normalized spacial score (nSPS) is 10.9. The van der Waals surface area contributed by atoms with Crippen LogP contribution in [0.4, 0.5) is 10.2 Å². The minimum Gasteiger partial charge on any atom is -0.383 e. The maximum atomic E-state index is 13.7. The van der Waals surface area contributed by atoms with E-state index >= 15 is 0 Å². The fourth-order valence-corrected chi connectivity index (χ4v) is 2.94. The molecule has 0 fully saturated rings. The first-order valence-corrected chi connectivity index (χ1v) is 7.15. The lowest BCUT2D eigenvalue weighted by Gasteiger charge is -2.03. The molecule has 0 saturated heterocycles. The number of nitrogen functional groups attached to an aromatic ring is 1. The van der Waals surface area contributed by atoms with Crippen molar-refractivity contribution in [1.82, 2.24) is 9.78 Å². The Kier molecular flexibility index (Phi) is 3.23. The Balaban J connectivity index is 2.24. The molecule has 3 rings (SSSR count). The fourth-order valence-electron chi connectivity index (χ4n) is 2.05. The largest absolute Gasteiger partial charge is 0.383 e. The van der Waals surface area contributed by atoms with Gasteiger partial charge in [-0.3, -0.25) is 4.68 Å². The van der Waals surface area contributed by atoms with Crippen molar-refractivity contribution in [3.63, 3.8) is 0 Å². The van der Waals surface area contributed by atoms with Gasteiger partial charge in [-0.15, -0.1) is 11.3 Å². The van der Waals surface area contributed by atoms with Gasteiger partial charge in [0.2, 0.25) is 0 Å². The predicted octanol–water partition coefficient (Wildman–Crippen LogP) is 4.19. The second kappa shape index (κ2) is 4.92. The van der Waals surface area contributed by atoms with E-state index in [1.165, 1.54) is 12.1 Å². The summed E-state index contributed by atoms with van der Waals surface area (Å²) in [6.45, 7) is 0.